The van der Waals surface area contributed by atoms with Crippen LogP contribution in [0.25, 0.3) is 0 Å². The molecule has 1 aliphatic rings. The lowest BCUT2D eigenvalue weighted by atomic mass is 9.79. The highest BCUT2D eigenvalue weighted by molar-refractivity contribution is 6.31. The van der Waals surface area contributed by atoms with Gasteiger partial charge in [0.25, 0.3) is 0 Å². The fraction of sp³-hybridized carbons (Fsp3) is 0.533. The van der Waals surface area contributed by atoms with E-state index in [1.165, 1.54) is 12.1 Å². The number of ether oxygens (including phenoxy) is 1. The molecule has 7 heteroatoms. The first kappa shape index (κ1) is 19.2. The number of carbonyl (C=O) groups excluding carboxylic acids is 1. The summed E-state index contributed by atoms with van der Waals surface area (Å²) in [5.74, 6) is -0.593. The first-order valence-electron chi connectivity index (χ1n) is 7.03. The third-order valence-corrected chi connectivity index (χ3v) is 4.43. The van der Waals surface area contributed by atoms with Gasteiger partial charge in [-0.1, -0.05) is 17.7 Å². The third-order valence-electron chi connectivity index (χ3n) is 4.10. The number of rotatable bonds is 4. The van der Waals surface area contributed by atoms with Gasteiger partial charge >= 0.3 is 0 Å². The average molecular weight is 351 g/mol. The van der Waals surface area contributed by atoms with Crippen molar-refractivity contribution in [3.8, 4) is 0 Å². The molecule has 1 fully saturated rings. The maximum Gasteiger partial charge on any atom is 0.228 e. The summed E-state index contributed by atoms with van der Waals surface area (Å²) in [6, 6.07) is 3.96. The van der Waals surface area contributed by atoms with Gasteiger partial charge in [-0.3, -0.25) is 4.79 Å². The molecule has 0 aliphatic carbocycles. The van der Waals surface area contributed by atoms with Crippen molar-refractivity contribution in [1.82, 2.24) is 5.32 Å². The molecule has 1 atom stereocenters. The molecule has 1 aromatic carbocycles. The van der Waals surface area contributed by atoms with E-state index in [1.807, 2.05) is 0 Å². The second-order valence-corrected chi connectivity index (χ2v) is 5.83. The van der Waals surface area contributed by atoms with Gasteiger partial charge in [-0.25, -0.2) is 4.39 Å². The first-order valence-corrected chi connectivity index (χ1v) is 7.41. The quantitative estimate of drug-likeness (QED) is 0.877. The van der Waals surface area contributed by atoms with Gasteiger partial charge in [0.2, 0.25) is 5.91 Å². The smallest absolute Gasteiger partial charge is 0.228 e. The molecule has 124 valence electrons. The van der Waals surface area contributed by atoms with Gasteiger partial charge in [0, 0.05) is 30.3 Å². The number of amides is 1. The second-order valence-electron chi connectivity index (χ2n) is 5.43. The Morgan fingerprint density at radius 2 is 2.14 bits per heavy atom. The van der Waals surface area contributed by atoms with E-state index in [0.29, 0.717) is 36.6 Å². The summed E-state index contributed by atoms with van der Waals surface area (Å²) >= 11 is 6.03. The molecule has 0 spiro atoms. The molecule has 4 nitrogen and oxygen atoms in total. The van der Waals surface area contributed by atoms with Crippen molar-refractivity contribution in [2.45, 2.75) is 25.8 Å². The minimum absolute atomic E-state index is 0. The van der Waals surface area contributed by atoms with Crippen LogP contribution in [-0.2, 0) is 9.53 Å². The van der Waals surface area contributed by atoms with E-state index in [2.05, 4.69) is 5.32 Å². The van der Waals surface area contributed by atoms with Crippen molar-refractivity contribution < 1.29 is 13.9 Å². The average Bonchev–Trinajstić information content (AvgIpc) is 2.47. The summed E-state index contributed by atoms with van der Waals surface area (Å²) < 4.78 is 19.2. The van der Waals surface area contributed by atoms with E-state index in [-0.39, 0.29) is 24.9 Å². The molecule has 1 aromatic rings. The van der Waals surface area contributed by atoms with Crippen molar-refractivity contribution in [3.05, 3.63) is 34.6 Å². The van der Waals surface area contributed by atoms with E-state index in [4.69, 9.17) is 22.1 Å². The van der Waals surface area contributed by atoms with Crippen molar-refractivity contribution in [3.63, 3.8) is 0 Å². The summed E-state index contributed by atoms with van der Waals surface area (Å²) in [4.78, 5) is 12.5. The summed E-state index contributed by atoms with van der Waals surface area (Å²) in [6.07, 6.45) is 1.15. The maximum absolute atomic E-state index is 13.9. The van der Waals surface area contributed by atoms with Gasteiger partial charge in [0.05, 0.1) is 11.5 Å². The number of benzene rings is 1. The Labute approximate surface area is 140 Å². The minimum atomic E-state index is -0.635. The zero-order chi connectivity index (χ0) is 15.5. The molecule has 1 unspecified atom stereocenters. The van der Waals surface area contributed by atoms with Crippen LogP contribution in [0, 0.1) is 11.2 Å². The molecule has 0 aromatic heterocycles. The molecule has 1 amide bonds. The Balaban J connectivity index is 0.00000242. The van der Waals surface area contributed by atoms with Crippen molar-refractivity contribution in [1.29, 1.82) is 0 Å². The van der Waals surface area contributed by atoms with Crippen LogP contribution in [0.15, 0.2) is 18.2 Å². The Morgan fingerprint density at radius 1 is 1.50 bits per heavy atom. The second kappa shape index (κ2) is 8.11. The lowest BCUT2D eigenvalue weighted by Crippen LogP contribution is -2.49. The van der Waals surface area contributed by atoms with Crippen LogP contribution in [0.4, 0.5) is 4.39 Å². The minimum Gasteiger partial charge on any atom is -0.381 e. The Hall–Kier alpha value is -0.880. The lowest BCUT2D eigenvalue weighted by Gasteiger charge is -2.35. The Bertz CT molecular complexity index is 502. The molecule has 22 heavy (non-hydrogen) atoms. The fourth-order valence-corrected chi connectivity index (χ4v) is 2.96. The Morgan fingerprint density at radius 3 is 2.68 bits per heavy atom. The molecule has 0 radical (unpaired) electrons. The van der Waals surface area contributed by atoms with Crippen LogP contribution < -0.4 is 11.1 Å². The van der Waals surface area contributed by atoms with E-state index >= 15 is 0 Å². The fourth-order valence-electron chi connectivity index (χ4n) is 2.63. The monoisotopic (exact) mass is 350 g/mol. The van der Waals surface area contributed by atoms with Crippen molar-refractivity contribution in [2.24, 2.45) is 11.1 Å². The van der Waals surface area contributed by atoms with Crippen molar-refractivity contribution in [2.75, 3.05) is 19.8 Å². The SMILES string of the molecule is CC(NC(=O)C1(CN)CCOCC1)c1c(F)cccc1Cl.Cl. The molecule has 0 bridgehead atoms. The number of halogens is 3. The number of nitrogens with two attached hydrogens (primary N) is 1. The van der Waals surface area contributed by atoms with Crippen LogP contribution in [-0.4, -0.2) is 25.7 Å². The van der Waals surface area contributed by atoms with Crippen LogP contribution in [0.2, 0.25) is 5.02 Å². The van der Waals surface area contributed by atoms with Gasteiger partial charge in [-0.05, 0) is 31.9 Å². The number of nitrogens with one attached hydrogen (secondary N) is 1. The zero-order valence-electron chi connectivity index (χ0n) is 12.4. The Kier molecular flexibility index (Phi) is 7.06. The summed E-state index contributed by atoms with van der Waals surface area (Å²) in [5.41, 5.74) is 5.46. The molecule has 1 saturated heterocycles. The topological polar surface area (TPSA) is 64.4 Å². The number of hydrogen-bond acceptors (Lipinski definition) is 3. The predicted molar refractivity (Wildman–Crippen MR) is 86.8 cm³/mol. The molecule has 1 heterocycles. The molecular weight excluding hydrogens is 330 g/mol. The van der Waals surface area contributed by atoms with E-state index < -0.39 is 17.3 Å². The van der Waals surface area contributed by atoms with Gasteiger partial charge in [-0.15, -0.1) is 12.4 Å². The standard InChI is InChI=1S/C15H20ClFN2O2.ClH/c1-10(13-11(16)3-2-4-12(13)17)19-14(20)15(9-18)5-7-21-8-6-15;/h2-4,10H,5-9,18H2,1H3,(H,19,20);1H. The van der Waals surface area contributed by atoms with Gasteiger partial charge in [0.1, 0.15) is 5.82 Å². The van der Waals surface area contributed by atoms with Gasteiger partial charge < -0.3 is 15.8 Å². The van der Waals surface area contributed by atoms with Crippen LogP contribution in [0.5, 0.6) is 0 Å². The summed E-state index contributed by atoms with van der Waals surface area (Å²) in [5, 5.41) is 3.14. The number of hydrogen-bond donors (Lipinski definition) is 2. The molecule has 3 N–H and O–H groups in total. The summed E-state index contributed by atoms with van der Waals surface area (Å²) in [6.45, 7) is 2.99. The highest BCUT2D eigenvalue weighted by Crippen LogP contribution is 2.32. The van der Waals surface area contributed by atoms with Crippen LogP contribution >= 0.6 is 24.0 Å². The van der Waals surface area contributed by atoms with Gasteiger partial charge in [0.15, 0.2) is 0 Å². The first-order chi connectivity index (χ1) is 10.00. The van der Waals surface area contributed by atoms with E-state index in [0.717, 1.165) is 0 Å². The summed E-state index contributed by atoms with van der Waals surface area (Å²) in [7, 11) is 0. The highest BCUT2D eigenvalue weighted by atomic mass is 35.5. The highest BCUT2D eigenvalue weighted by Gasteiger charge is 2.39. The zero-order valence-corrected chi connectivity index (χ0v) is 14.0. The van der Waals surface area contributed by atoms with E-state index in [1.54, 1.807) is 13.0 Å². The largest absolute Gasteiger partial charge is 0.381 e. The lowest BCUT2D eigenvalue weighted by molar-refractivity contribution is -0.136. The van der Waals surface area contributed by atoms with Crippen LogP contribution in [0.1, 0.15) is 31.4 Å². The maximum atomic E-state index is 13.9. The molecule has 0 saturated carbocycles. The number of carbonyl (C=O) groups is 1. The molecular formula is C15H21Cl2FN2O2. The van der Waals surface area contributed by atoms with E-state index in [9.17, 15) is 9.18 Å². The molecule has 1 aliphatic heterocycles. The normalized spacial score (nSPS) is 18.2. The predicted octanol–water partition coefficient (Wildman–Crippen LogP) is 2.83. The van der Waals surface area contributed by atoms with Crippen LogP contribution in [0.3, 0.4) is 0 Å². The molecule has 2 rings (SSSR count). The third kappa shape index (κ3) is 3.90. The van der Waals surface area contributed by atoms with Crippen molar-refractivity contribution >= 4 is 29.9 Å². The van der Waals surface area contributed by atoms with Gasteiger partial charge in [-0.2, -0.15) is 0 Å².